The first kappa shape index (κ1) is 21.0. The maximum atomic E-state index is 13.0. The van der Waals surface area contributed by atoms with E-state index in [1.807, 2.05) is 6.92 Å². The van der Waals surface area contributed by atoms with Gasteiger partial charge in [0.1, 0.15) is 23.2 Å². The first-order chi connectivity index (χ1) is 14.9. The highest BCUT2D eigenvalue weighted by Crippen LogP contribution is 2.40. The van der Waals surface area contributed by atoms with Gasteiger partial charge in [0.05, 0.1) is 19.0 Å². The Morgan fingerprint density at radius 2 is 2.10 bits per heavy atom. The van der Waals surface area contributed by atoms with Gasteiger partial charge in [-0.2, -0.15) is 4.98 Å². The van der Waals surface area contributed by atoms with E-state index in [4.69, 9.17) is 9.72 Å². The second-order valence-electron chi connectivity index (χ2n) is 8.06. The van der Waals surface area contributed by atoms with Crippen LogP contribution >= 0.6 is 0 Å². The van der Waals surface area contributed by atoms with Gasteiger partial charge in [0.25, 0.3) is 0 Å². The zero-order valence-corrected chi connectivity index (χ0v) is 18.3. The van der Waals surface area contributed by atoms with Gasteiger partial charge >= 0.3 is 0 Å². The summed E-state index contributed by atoms with van der Waals surface area (Å²) >= 11 is 0. The summed E-state index contributed by atoms with van der Waals surface area (Å²) in [5.74, 6) is 1.82. The molecule has 0 saturated heterocycles. The normalized spacial score (nSPS) is 18.8. The number of nitrogens with one attached hydrogen (secondary N) is 1. The number of hydrogen-bond donors (Lipinski definition) is 2. The third-order valence-corrected chi connectivity index (χ3v) is 6.19. The van der Waals surface area contributed by atoms with E-state index >= 15 is 0 Å². The highest BCUT2D eigenvalue weighted by Gasteiger charge is 2.41. The zero-order chi connectivity index (χ0) is 22.1. The molecule has 2 aliphatic rings. The summed E-state index contributed by atoms with van der Waals surface area (Å²) in [6.45, 7) is 5.60. The lowest BCUT2D eigenvalue weighted by atomic mass is 10.0. The molecule has 0 radical (unpaired) electrons. The van der Waals surface area contributed by atoms with Crippen molar-refractivity contribution in [1.82, 2.24) is 9.97 Å². The molecule has 1 saturated carbocycles. The Labute approximate surface area is 182 Å². The van der Waals surface area contributed by atoms with Crippen LogP contribution in [0, 0.1) is 0 Å². The van der Waals surface area contributed by atoms with Gasteiger partial charge in [-0.15, -0.1) is 0 Å². The van der Waals surface area contributed by atoms with Crippen molar-refractivity contribution in [1.29, 1.82) is 0 Å². The van der Waals surface area contributed by atoms with Crippen LogP contribution in [0.3, 0.4) is 0 Å². The molecule has 8 nitrogen and oxygen atoms in total. The Kier molecular flexibility index (Phi) is 5.71. The van der Waals surface area contributed by atoms with Crippen LogP contribution in [0.2, 0.25) is 0 Å². The van der Waals surface area contributed by atoms with Crippen molar-refractivity contribution in [2.45, 2.75) is 51.1 Å². The van der Waals surface area contributed by atoms with E-state index in [0.717, 1.165) is 30.8 Å². The number of amides is 1. The summed E-state index contributed by atoms with van der Waals surface area (Å²) < 4.78 is 5.46. The lowest BCUT2D eigenvalue weighted by Crippen LogP contribution is -2.55. The van der Waals surface area contributed by atoms with E-state index in [9.17, 15) is 9.90 Å². The molecular formula is C23H29N5O3. The molecule has 2 N–H and O–H groups in total. The second-order valence-corrected chi connectivity index (χ2v) is 8.06. The van der Waals surface area contributed by atoms with E-state index in [2.05, 4.69) is 21.8 Å². The number of carbonyl (C=O) groups excluding carboxylic acids is 1. The number of likely N-dealkylation sites (N-methyl/N-ethyl adjacent to an activating group) is 1. The monoisotopic (exact) mass is 423 g/mol. The van der Waals surface area contributed by atoms with E-state index < -0.39 is 0 Å². The molecule has 1 aromatic carbocycles. The number of nitrogens with zero attached hydrogens (tertiary/aromatic N) is 4. The number of aromatic nitrogens is 2. The van der Waals surface area contributed by atoms with Crippen molar-refractivity contribution in [3.63, 3.8) is 0 Å². The molecule has 1 aromatic heterocycles. The number of carbonyl (C=O) groups is 1. The maximum Gasteiger partial charge on any atom is 0.249 e. The van der Waals surface area contributed by atoms with Crippen molar-refractivity contribution in [2.24, 2.45) is 0 Å². The number of rotatable bonds is 6. The van der Waals surface area contributed by atoms with Gasteiger partial charge in [0, 0.05) is 18.7 Å². The second kappa shape index (κ2) is 8.45. The standard InChI is InChI=1S/C23H29N5O3/c1-5-18-22(30)27(3)19-13-24-23(26-21(19)28(18)16-8-6-7-9-16)25-17-11-10-15(14(2)29)12-20(17)31-4/h10-13,16,18,29H,2,5-9H2,1,3-4H3,(H,24,25,26)/t18-/m1/s1. The highest BCUT2D eigenvalue weighted by molar-refractivity contribution is 6.04. The molecule has 1 fully saturated rings. The van der Waals surface area contributed by atoms with E-state index in [0.29, 0.717) is 29.0 Å². The number of benzene rings is 1. The Morgan fingerprint density at radius 3 is 2.74 bits per heavy atom. The number of fused-ring (bicyclic) bond motifs is 1. The molecule has 31 heavy (non-hydrogen) atoms. The van der Waals surface area contributed by atoms with Crippen LogP contribution in [0.15, 0.2) is 31.0 Å². The van der Waals surface area contributed by atoms with Crippen LogP contribution in [0.1, 0.15) is 44.6 Å². The average Bonchev–Trinajstić information content (AvgIpc) is 3.30. The number of aliphatic hydroxyl groups is 1. The first-order valence-electron chi connectivity index (χ1n) is 10.7. The van der Waals surface area contributed by atoms with Gasteiger partial charge in [0.15, 0.2) is 5.82 Å². The minimum Gasteiger partial charge on any atom is -0.508 e. The highest BCUT2D eigenvalue weighted by atomic mass is 16.5. The Balaban J connectivity index is 1.72. The molecule has 0 unspecified atom stereocenters. The molecule has 0 spiro atoms. The predicted octanol–water partition coefficient (Wildman–Crippen LogP) is 4.26. The van der Waals surface area contributed by atoms with Crippen molar-refractivity contribution in [3.8, 4) is 5.75 Å². The molecule has 8 heteroatoms. The van der Waals surface area contributed by atoms with Gasteiger partial charge in [-0.25, -0.2) is 4.98 Å². The predicted molar refractivity (Wildman–Crippen MR) is 122 cm³/mol. The fourth-order valence-corrected chi connectivity index (χ4v) is 4.54. The zero-order valence-electron chi connectivity index (χ0n) is 18.3. The van der Waals surface area contributed by atoms with Gasteiger partial charge in [0.2, 0.25) is 11.9 Å². The molecule has 4 rings (SSSR count). The fraction of sp³-hybridized carbons (Fsp3) is 0.435. The van der Waals surface area contributed by atoms with Gasteiger partial charge in [-0.3, -0.25) is 4.79 Å². The Morgan fingerprint density at radius 1 is 1.35 bits per heavy atom. The Bertz CT molecular complexity index is 1000. The smallest absolute Gasteiger partial charge is 0.249 e. The largest absolute Gasteiger partial charge is 0.508 e. The van der Waals surface area contributed by atoms with E-state index in [-0.39, 0.29) is 17.7 Å². The topological polar surface area (TPSA) is 90.8 Å². The summed E-state index contributed by atoms with van der Waals surface area (Å²) in [6.07, 6.45) is 6.92. The van der Waals surface area contributed by atoms with E-state index in [1.165, 1.54) is 12.8 Å². The summed E-state index contributed by atoms with van der Waals surface area (Å²) in [7, 11) is 3.35. The Hall–Kier alpha value is -3.29. The van der Waals surface area contributed by atoms with Crippen molar-refractivity contribution in [3.05, 3.63) is 36.5 Å². The summed E-state index contributed by atoms with van der Waals surface area (Å²) in [4.78, 5) is 26.2. The van der Waals surface area contributed by atoms with Gasteiger partial charge in [-0.1, -0.05) is 26.3 Å². The molecule has 1 amide bonds. The van der Waals surface area contributed by atoms with Gasteiger partial charge < -0.3 is 25.0 Å². The molecule has 2 heterocycles. The van der Waals surface area contributed by atoms with Crippen LogP contribution in [-0.4, -0.2) is 47.2 Å². The lowest BCUT2D eigenvalue weighted by Gasteiger charge is -2.43. The number of anilines is 4. The minimum absolute atomic E-state index is 0.0274. The molecule has 2 aromatic rings. The molecule has 0 bridgehead atoms. The third-order valence-electron chi connectivity index (χ3n) is 6.19. The quantitative estimate of drug-likeness (QED) is 0.671. The van der Waals surface area contributed by atoms with Crippen LogP contribution in [-0.2, 0) is 4.79 Å². The van der Waals surface area contributed by atoms with Gasteiger partial charge in [-0.05, 0) is 37.5 Å². The minimum atomic E-state index is -0.215. The molecule has 1 aliphatic heterocycles. The van der Waals surface area contributed by atoms with Crippen molar-refractivity contribution in [2.75, 3.05) is 29.3 Å². The SMILES string of the molecule is C=C(O)c1ccc(Nc2ncc3c(n2)N(C2CCCC2)[C@H](CC)C(=O)N3C)c(OC)c1. The van der Waals surface area contributed by atoms with Crippen LogP contribution in [0.4, 0.5) is 23.1 Å². The molecule has 164 valence electrons. The first-order valence-corrected chi connectivity index (χ1v) is 10.7. The van der Waals surface area contributed by atoms with Crippen LogP contribution < -0.4 is 19.9 Å². The van der Waals surface area contributed by atoms with Crippen molar-refractivity contribution < 1.29 is 14.6 Å². The molecular weight excluding hydrogens is 394 g/mol. The van der Waals surface area contributed by atoms with E-state index in [1.54, 1.807) is 43.5 Å². The number of methoxy groups -OCH3 is 1. The molecule has 1 atom stereocenters. The third kappa shape index (κ3) is 3.78. The lowest BCUT2D eigenvalue weighted by molar-refractivity contribution is -0.120. The number of hydrogen-bond acceptors (Lipinski definition) is 7. The maximum absolute atomic E-state index is 13.0. The van der Waals surface area contributed by atoms with Crippen LogP contribution in [0.25, 0.3) is 5.76 Å². The summed E-state index contributed by atoms with van der Waals surface area (Å²) in [5, 5.41) is 12.9. The molecule has 1 aliphatic carbocycles. The number of ether oxygens (including phenoxy) is 1. The van der Waals surface area contributed by atoms with Crippen LogP contribution in [0.5, 0.6) is 5.75 Å². The summed E-state index contributed by atoms with van der Waals surface area (Å²) in [6, 6.07) is 5.34. The fourth-order valence-electron chi connectivity index (χ4n) is 4.54. The number of aliphatic hydroxyl groups excluding tert-OH is 1. The van der Waals surface area contributed by atoms with Crippen molar-refractivity contribution >= 4 is 34.8 Å². The average molecular weight is 424 g/mol. The summed E-state index contributed by atoms with van der Waals surface area (Å²) in [5.41, 5.74) is 1.98.